The van der Waals surface area contributed by atoms with Gasteiger partial charge in [0, 0.05) is 30.1 Å². The summed E-state index contributed by atoms with van der Waals surface area (Å²) >= 11 is 0. The third-order valence-electron chi connectivity index (χ3n) is 5.99. The van der Waals surface area contributed by atoms with Crippen molar-refractivity contribution in [3.05, 3.63) is 59.5 Å². The van der Waals surface area contributed by atoms with E-state index in [1.54, 1.807) is 30.5 Å². The van der Waals surface area contributed by atoms with Crippen molar-refractivity contribution in [2.45, 2.75) is 31.8 Å². The average molecular weight is 466 g/mol. The fourth-order valence-electron chi connectivity index (χ4n) is 4.20. The molecule has 0 radical (unpaired) electrons. The van der Waals surface area contributed by atoms with Gasteiger partial charge >= 0.3 is 6.03 Å². The second kappa shape index (κ2) is 9.05. The Balaban J connectivity index is 1.09. The molecule has 1 fully saturated rings. The molecule has 1 aromatic heterocycles. The number of nitrogens with one attached hydrogen (secondary N) is 3. The number of imide groups is 1. The fraction of sp³-hybridized carbons (Fsp3) is 0.292. The number of hydrogen-bond acceptors (Lipinski definition) is 5. The predicted octanol–water partition coefficient (Wildman–Crippen LogP) is 2.60. The van der Waals surface area contributed by atoms with Crippen molar-refractivity contribution < 1.29 is 28.2 Å². The van der Waals surface area contributed by atoms with Gasteiger partial charge in [-0.3, -0.25) is 14.5 Å². The van der Waals surface area contributed by atoms with Crippen molar-refractivity contribution >= 4 is 28.7 Å². The number of carbonyl (C=O) groups excluding carboxylic acids is 3. The molecule has 0 spiro atoms. The van der Waals surface area contributed by atoms with Gasteiger partial charge in [-0.2, -0.15) is 0 Å². The monoisotopic (exact) mass is 466 g/mol. The van der Waals surface area contributed by atoms with Crippen LogP contribution in [0.4, 0.5) is 9.18 Å². The molecule has 34 heavy (non-hydrogen) atoms. The van der Waals surface area contributed by atoms with Gasteiger partial charge in [0.1, 0.15) is 11.9 Å². The molecule has 4 amide bonds. The summed E-state index contributed by atoms with van der Waals surface area (Å²) < 4.78 is 24.1. The highest BCUT2D eigenvalue weighted by Crippen LogP contribution is 2.33. The van der Waals surface area contributed by atoms with E-state index in [4.69, 9.17) is 9.47 Å². The van der Waals surface area contributed by atoms with Crippen molar-refractivity contribution in [1.29, 1.82) is 0 Å². The number of ether oxygens (including phenoxy) is 2. The molecule has 0 saturated carbocycles. The lowest BCUT2D eigenvalue weighted by atomic mass is 10.1. The van der Waals surface area contributed by atoms with Gasteiger partial charge in [-0.1, -0.05) is 6.07 Å². The minimum Gasteiger partial charge on any atom is -0.454 e. The molecule has 176 valence electrons. The summed E-state index contributed by atoms with van der Waals surface area (Å²) in [6.07, 6.45) is 2.64. The number of benzene rings is 2. The van der Waals surface area contributed by atoms with Gasteiger partial charge in [0.05, 0.1) is 6.54 Å². The molecule has 3 aromatic rings. The first-order valence-corrected chi connectivity index (χ1v) is 11.0. The standard InChI is InChI=1S/C24H23FN4O5/c25-16-2-3-18-17(10-16)15(11-27-18)7-8-26-22(30)6-4-19-23(31)29(24(32)28-19)12-14-1-5-20-21(9-14)34-13-33-20/h1-3,5,9-11,19,27H,4,6-8,12-13H2,(H,26,30)(H,28,32). The molecule has 9 nitrogen and oxygen atoms in total. The van der Waals surface area contributed by atoms with Crippen molar-refractivity contribution in [3.8, 4) is 11.5 Å². The van der Waals surface area contributed by atoms with E-state index in [1.807, 2.05) is 0 Å². The molecule has 2 aliphatic rings. The number of amides is 4. The maximum absolute atomic E-state index is 13.5. The van der Waals surface area contributed by atoms with E-state index in [2.05, 4.69) is 15.6 Å². The number of rotatable bonds is 8. The first-order valence-electron chi connectivity index (χ1n) is 11.0. The van der Waals surface area contributed by atoms with E-state index in [1.165, 1.54) is 12.1 Å². The summed E-state index contributed by atoms with van der Waals surface area (Å²) in [6, 6.07) is 8.56. The molecule has 0 aliphatic carbocycles. The van der Waals surface area contributed by atoms with Crippen LogP contribution in [0.1, 0.15) is 24.0 Å². The lowest BCUT2D eigenvalue weighted by Crippen LogP contribution is -2.33. The smallest absolute Gasteiger partial charge is 0.325 e. The van der Waals surface area contributed by atoms with Gasteiger partial charge in [0.15, 0.2) is 11.5 Å². The van der Waals surface area contributed by atoms with Gasteiger partial charge in [-0.25, -0.2) is 9.18 Å². The number of fused-ring (bicyclic) bond motifs is 2. The Morgan fingerprint density at radius 2 is 2.00 bits per heavy atom. The molecule has 1 atom stereocenters. The summed E-state index contributed by atoms with van der Waals surface area (Å²) in [4.78, 5) is 41.5. The number of urea groups is 1. The second-order valence-electron chi connectivity index (χ2n) is 8.26. The normalized spacial score (nSPS) is 16.9. The summed E-state index contributed by atoms with van der Waals surface area (Å²) in [5.41, 5.74) is 2.49. The lowest BCUT2D eigenvalue weighted by molar-refractivity contribution is -0.128. The van der Waals surface area contributed by atoms with Crippen LogP contribution in [0.25, 0.3) is 10.9 Å². The quantitative estimate of drug-likeness (QED) is 0.442. The van der Waals surface area contributed by atoms with Gasteiger partial charge in [0.2, 0.25) is 12.7 Å². The molecule has 3 heterocycles. The van der Waals surface area contributed by atoms with Crippen molar-refractivity contribution in [3.63, 3.8) is 0 Å². The molecule has 2 aromatic carbocycles. The van der Waals surface area contributed by atoms with Crippen LogP contribution >= 0.6 is 0 Å². The Bertz CT molecular complexity index is 1270. The second-order valence-corrected chi connectivity index (χ2v) is 8.26. The fourth-order valence-corrected chi connectivity index (χ4v) is 4.20. The van der Waals surface area contributed by atoms with Crippen LogP contribution in [-0.2, 0) is 22.6 Å². The molecule has 3 N–H and O–H groups in total. The number of nitrogens with zero attached hydrogens (tertiary/aromatic N) is 1. The zero-order valence-corrected chi connectivity index (χ0v) is 18.2. The van der Waals surface area contributed by atoms with Crippen LogP contribution in [0.3, 0.4) is 0 Å². The highest BCUT2D eigenvalue weighted by molar-refractivity contribution is 6.04. The lowest BCUT2D eigenvalue weighted by Gasteiger charge is -2.13. The molecule has 1 saturated heterocycles. The highest BCUT2D eigenvalue weighted by Gasteiger charge is 2.38. The zero-order valence-electron chi connectivity index (χ0n) is 18.2. The van der Waals surface area contributed by atoms with Crippen molar-refractivity contribution in [2.75, 3.05) is 13.3 Å². The number of aromatic nitrogens is 1. The third-order valence-corrected chi connectivity index (χ3v) is 5.99. The summed E-state index contributed by atoms with van der Waals surface area (Å²) in [6.45, 7) is 0.630. The third kappa shape index (κ3) is 4.39. The van der Waals surface area contributed by atoms with Gasteiger partial charge in [-0.05, 0) is 54.3 Å². The summed E-state index contributed by atoms with van der Waals surface area (Å²) in [7, 11) is 0. The molecule has 5 rings (SSSR count). The Hall–Kier alpha value is -4.08. The minimum atomic E-state index is -0.746. The van der Waals surface area contributed by atoms with Crippen LogP contribution in [-0.4, -0.2) is 47.1 Å². The molecule has 0 bridgehead atoms. The van der Waals surface area contributed by atoms with E-state index in [9.17, 15) is 18.8 Å². The number of hydrogen-bond donors (Lipinski definition) is 3. The van der Waals surface area contributed by atoms with E-state index in [-0.39, 0.29) is 43.8 Å². The molecular formula is C24H23FN4O5. The number of aromatic amines is 1. The first kappa shape index (κ1) is 21.7. The number of halogens is 1. The molecule has 2 aliphatic heterocycles. The zero-order chi connectivity index (χ0) is 23.7. The summed E-state index contributed by atoms with van der Waals surface area (Å²) in [5.74, 6) is 0.309. The average Bonchev–Trinajstić information content (AvgIpc) is 3.52. The number of H-pyrrole nitrogens is 1. The maximum Gasteiger partial charge on any atom is 0.325 e. The van der Waals surface area contributed by atoms with Crippen molar-refractivity contribution in [1.82, 2.24) is 20.5 Å². The number of carbonyl (C=O) groups is 3. The van der Waals surface area contributed by atoms with Crippen LogP contribution in [0, 0.1) is 5.82 Å². The van der Waals surface area contributed by atoms with E-state index < -0.39 is 12.1 Å². The maximum atomic E-state index is 13.5. The topological polar surface area (TPSA) is 113 Å². The Morgan fingerprint density at radius 3 is 2.88 bits per heavy atom. The van der Waals surface area contributed by atoms with Crippen molar-refractivity contribution in [2.24, 2.45) is 0 Å². The predicted molar refractivity (Wildman–Crippen MR) is 120 cm³/mol. The minimum absolute atomic E-state index is 0.0943. The Morgan fingerprint density at radius 1 is 1.15 bits per heavy atom. The van der Waals surface area contributed by atoms with Gasteiger partial charge in [0.25, 0.3) is 5.91 Å². The first-order chi connectivity index (χ1) is 16.5. The van der Waals surface area contributed by atoms with Gasteiger partial charge < -0.3 is 25.1 Å². The largest absolute Gasteiger partial charge is 0.454 e. The van der Waals surface area contributed by atoms with E-state index >= 15 is 0 Å². The molecule has 1 unspecified atom stereocenters. The van der Waals surface area contributed by atoms with E-state index in [0.717, 1.165) is 26.9 Å². The SMILES string of the molecule is O=C(CCC1NC(=O)N(Cc2ccc3c(c2)OCO3)C1=O)NCCc1c[nH]c2ccc(F)cc12. The molecular weight excluding hydrogens is 443 g/mol. The van der Waals surface area contributed by atoms with E-state index in [0.29, 0.717) is 24.5 Å². The van der Waals surface area contributed by atoms with Crippen LogP contribution in [0.5, 0.6) is 11.5 Å². The highest BCUT2D eigenvalue weighted by atomic mass is 19.1. The van der Waals surface area contributed by atoms with Crippen LogP contribution in [0.2, 0.25) is 0 Å². The Labute approximate surface area is 194 Å². The molecule has 10 heteroatoms. The Kier molecular flexibility index (Phi) is 5.79. The summed E-state index contributed by atoms with van der Waals surface area (Å²) in [5, 5.41) is 6.25. The van der Waals surface area contributed by atoms with Gasteiger partial charge in [-0.15, -0.1) is 0 Å². The van der Waals surface area contributed by atoms with Crippen LogP contribution < -0.4 is 20.1 Å². The van der Waals surface area contributed by atoms with Crippen LogP contribution in [0.15, 0.2) is 42.6 Å².